The molecule has 1 aliphatic heterocycles. The molecule has 0 aromatic rings. The molecule has 1 heterocycles. The van der Waals surface area contributed by atoms with Crippen molar-refractivity contribution < 1.29 is 9.53 Å². The molecule has 2 nitrogen and oxygen atoms in total. The maximum atomic E-state index is 10.2. The summed E-state index contributed by atoms with van der Waals surface area (Å²) in [5.74, 6) is -0.144. The van der Waals surface area contributed by atoms with Crippen LogP contribution in [0.3, 0.4) is 0 Å². The summed E-state index contributed by atoms with van der Waals surface area (Å²) in [6.45, 7) is 1.89. The smallest absolute Gasteiger partial charge is 0.363 e. The zero-order valence-corrected chi connectivity index (χ0v) is 5.49. The molecule has 1 atom stereocenters. The van der Waals surface area contributed by atoms with E-state index in [0.717, 1.165) is 0 Å². The van der Waals surface area contributed by atoms with Gasteiger partial charge in [-0.05, 0) is 15.9 Å². The van der Waals surface area contributed by atoms with E-state index in [1.165, 1.54) is 0 Å². The van der Waals surface area contributed by atoms with Crippen LogP contribution in [0, 0.1) is 0 Å². The molecule has 1 fully saturated rings. The fraction of sp³-hybridized carbons (Fsp3) is 0.750. The van der Waals surface area contributed by atoms with Gasteiger partial charge in [0, 0.05) is 6.42 Å². The first kappa shape index (κ1) is 5.09. The Morgan fingerprint density at radius 3 is 2.43 bits per heavy atom. The van der Waals surface area contributed by atoms with E-state index in [4.69, 9.17) is 0 Å². The summed E-state index contributed by atoms with van der Waals surface area (Å²) < 4.78 is 3.95. The number of epoxide rings is 1. The van der Waals surface area contributed by atoms with Crippen LogP contribution in [0.25, 0.3) is 0 Å². The maximum Gasteiger partial charge on any atom is 0.363 e. The summed E-state index contributed by atoms with van der Waals surface area (Å²) in [4.78, 5) is 10.2. The Morgan fingerprint density at radius 1 is 2.00 bits per heavy atom. The molecule has 0 saturated carbocycles. The van der Waals surface area contributed by atoms with Gasteiger partial charge in [-0.3, -0.25) is 0 Å². The quantitative estimate of drug-likeness (QED) is 0.429. The Balaban J connectivity index is 2.52. The van der Waals surface area contributed by atoms with Crippen LogP contribution in [0.1, 0.15) is 13.3 Å². The molecule has 0 radical (unpaired) electrons. The number of carbonyl (C=O) groups excluding carboxylic acids is 1. The van der Waals surface area contributed by atoms with Crippen molar-refractivity contribution in [1.82, 2.24) is 0 Å². The second-order valence-electron chi connectivity index (χ2n) is 1.47. The molecule has 40 valence electrons. The van der Waals surface area contributed by atoms with E-state index in [1.54, 1.807) is 0 Å². The molecule has 0 aromatic heterocycles. The molecular weight excluding hydrogens is 160 g/mol. The number of alkyl halides is 1. The number of rotatable bonds is 1. The second kappa shape index (κ2) is 1.22. The number of ether oxygens (including phenoxy) is 1. The lowest BCUT2D eigenvalue weighted by molar-refractivity contribution is -0.117. The summed E-state index contributed by atoms with van der Waals surface area (Å²) in [5.41, 5.74) is 0. The van der Waals surface area contributed by atoms with Crippen LogP contribution in [0.2, 0.25) is 0 Å². The Hall–Kier alpha value is -0.0500. The molecular formula is C4H5BrO2. The Labute approximate surface area is 50.0 Å². The minimum absolute atomic E-state index is 0.144. The second-order valence-corrected chi connectivity index (χ2v) is 2.75. The lowest BCUT2D eigenvalue weighted by Crippen LogP contribution is -1.96. The first-order chi connectivity index (χ1) is 3.19. The van der Waals surface area contributed by atoms with Crippen molar-refractivity contribution in [3.63, 3.8) is 0 Å². The van der Waals surface area contributed by atoms with Crippen molar-refractivity contribution in [2.24, 2.45) is 0 Å². The van der Waals surface area contributed by atoms with Gasteiger partial charge in [-0.15, -0.1) is 0 Å². The third-order valence-corrected chi connectivity index (χ3v) is 2.02. The molecule has 1 saturated heterocycles. The predicted molar refractivity (Wildman–Crippen MR) is 28.0 cm³/mol. The lowest BCUT2D eigenvalue weighted by atomic mass is 10.4. The van der Waals surface area contributed by atoms with Crippen LogP contribution in [0.4, 0.5) is 0 Å². The first-order valence-electron chi connectivity index (χ1n) is 2.11. The van der Waals surface area contributed by atoms with Gasteiger partial charge in [0.15, 0.2) is 0 Å². The fourth-order valence-corrected chi connectivity index (χ4v) is 0.485. The van der Waals surface area contributed by atoms with E-state index in [9.17, 15) is 4.79 Å². The third kappa shape index (κ3) is 0.650. The molecule has 7 heavy (non-hydrogen) atoms. The molecule has 1 aliphatic rings. The van der Waals surface area contributed by atoms with Gasteiger partial charge < -0.3 is 4.74 Å². The first-order valence-corrected chi connectivity index (χ1v) is 2.91. The zero-order valence-electron chi connectivity index (χ0n) is 3.90. The largest absolute Gasteiger partial charge is 0.432 e. The van der Waals surface area contributed by atoms with Gasteiger partial charge in [-0.2, -0.15) is 0 Å². The Bertz CT molecular complexity index is 112. The predicted octanol–water partition coefficient (Wildman–Crippen LogP) is 1.04. The normalized spacial score (nSPS) is 37.7. The summed E-state index contributed by atoms with van der Waals surface area (Å²) in [6.07, 6.45) is 0.714. The zero-order chi connectivity index (χ0) is 5.49. The van der Waals surface area contributed by atoms with E-state index in [0.29, 0.717) is 6.42 Å². The average Bonchev–Trinajstić information content (AvgIpc) is 2.18. The highest BCUT2D eigenvalue weighted by atomic mass is 79.9. The molecule has 1 rings (SSSR count). The van der Waals surface area contributed by atoms with Crippen molar-refractivity contribution in [1.29, 1.82) is 0 Å². The molecule has 0 aliphatic carbocycles. The molecule has 0 amide bonds. The van der Waals surface area contributed by atoms with Crippen molar-refractivity contribution in [2.45, 2.75) is 17.9 Å². The molecule has 0 aromatic carbocycles. The van der Waals surface area contributed by atoms with Crippen LogP contribution in [-0.2, 0) is 9.53 Å². The number of halogens is 1. The average molecular weight is 165 g/mol. The van der Waals surface area contributed by atoms with Crippen LogP contribution >= 0.6 is 15.9 Å². The molecule has 0 spiro atoms. The maximum absolute atomic E-state index is 10.2. The van der Waals surface area contributed by atoms with E-state index in [1.807, 2.05) is 6.92 Å². The van der Waals surface area contributed by atoms with Gasteiger partial charge in [0.25, 0.3) is 4.51 Å². The lowest BCUT2D eigenvalue weighted by Gasteiger charge is -1.84. The van der Waals surface area contributed by atoms with E-state index < -0.39 is 4.51 Å². The number of hydrogen-bond acceptors (Lipinski definition) is 2. The van der Waals surface area contributed by atoms with Gasteiger partial charge in [0.05, 0.1) is 0 Å². The van der Waals surface area contributed by atoms with E-state index in [-0.39, 0.29) is 5.97 Å². The Kier molecular flexibility index (Phi) is 0.885. The molecule has 0 unspecified atom stereocenters. The standard InChI is InChI=1S/C4H5BrO2/c1-2-4(5)3(6)7-4/h2H2,1H3/t4-/m0/s1. The van der Waals surface area contributed by atoms with Crippen molar-refractivity contribution in [2.75, 3.05) is 0 Å². The number of hydrogen-bond donors (Lipinski definition) is 0. The SMILES string of the molecule is CC[C@]1(Br)OC1=O. The highest BCUT2D eigenvalue weighted by molar-refractivity contribution is 9.10. The van der Waals surface area contributed by atoms with Gasteiger partial charge in [0.2, 0.25) is 0 Å². The Morgan fingerprint density at radius 2 is 2.43 bits per heavy atom. The molecule has 3 heteroatoms. The van der Waals surface area contributed by atoms with E-state index in [2.05, 4.69) is 20.7 Å². The molecule has 0 bridgehead atoms. The minimum atomic E-state index is -0.576. The van der Waals surface area contributed by atoms with Gasteiger partial charge >= 0.3 is 5.97 Å². The number of cyclic esters (lactones) is 1. The summed E-state index contributed by atoms with van der Waals surface area (Å²) in [6, 6.07) is 0. The number of carbonyl (C=O) groups is 1. The fourth-order valence-electron chi connectivity index (χ4n) is 0.338. The van der Waals surface area contributed by atoms with Gasteiger partial charge in [-0.1, -0.05) is 6.92 Å². The van der Waals surface area contributed by atoms with Gasteiger partial charge in [-0.25, -0.2) is 4.79 Å². The highest BCUT2D eigenvalue weighted by Gasteiger charge is 2.54. The molecule has 0 N–H and O–H groups in total. The van der Waals surface area contributed by atoms with Crippen LogP contribution in [0.15, 0.2) is 0 Å². The van der Waals surface area contributed by atoms with Crippen molar-refractivity contribution in [3.05, 3.63) is 0 Å². The highest BCUT2D eigenvalue weighted by Crippen LogP contribution is 2.38. The van der Waals surface area contributed by atoms with Crippen LogP contribution in [-0.4, -0.2) is 10.5 Å². The van der Waals surface area contributed by atoms with Crippen molar-refractivity contribution in [3.8, 4) is 0 Å². The minimum Gasteiger partial charge on any atom is -0.432 e. The van der Waals surface area contributed by atoms with Crippen LogP contribution in [0.5, 0.6) is 0 Å². The van der Waals surface area contributed by atoms with Crippen LogP contribution < -0.4 is 0 Å². The third-order valence-electron chi connectivity index (χ3n) is 0.972. The van der Waals surface area contributed by atoms with Gasteiger partial charge in [0.1, 0.15) is 0 Å². The summed E-state index contributed by atoms with van der Waals surface area (Å²) >= 11 is 3.08. The van der Waals surface area contributed by atoms with Crippen molar-refractivity contribution >= 4 is 21.9 Å². The summed E-state index contributed by atoms with van der Waals surface area (Å²) in [7, 11) is 0. The summed E-state index contributed by atoms with van der Waals surface area (Å²) in [5, 5.41) is 0. The topological polar surface area (TPSA) is 29.6 Å². The monoisotopic (exact) mass is 164 g/mol. The van der Waals surface area contributed by atoms with E-state index >= 15 is 0 Å².